The monoisotopic (exact) mass is 354 g/mol. The highest BCUT2D eigenvalue weighted by atomic mass is 16.5. The number of nitrogens with one attached hydrogen (secondary N) is 1. The van der Waals surface area contributed by atoms with Crippen LogP contribution in [-0.4, -0.2) is 35.3 Å². The predicted molar refractivity (Wildman–Crippen MR) is 101 cm³/mol. The van der Waals surface area contributed by atoms with Crippen LogP contribution in [0.4, 0.5) is 10.6 Å². The van der Waals surface area contributed by atoms with Crippen molar-refractivity contribution < 1.29 is 14.3 Å². The standard InChI is InChI=1S/C19H22N4O3/c1-2-25-11-3-8-22-19(24)23-10-7-14-12-15(4-5-17(14)23)26-16-6-9-21-18(20)13-16/h4-7,9-10,12-13H,2-3,8,11H2,1H3,(H2,20,21)(H,22,24). The van der Waals surface area contributed by atoms with Gasteiger partial charge in [-0.2, -0.15) is 0 Å². The largest absolute Gasteiger partial charge is 0.457 e. The maximum Gasteiger partial charge on any atom is 0.326 e. The third-order valence-electron chi connectivity index (χ3n) is 3.81. The van der Waals surface area contributed by atoms with Crippen LogP contribution >= 0.6 is 0 Å². The lowest BCUT2D eigenvalue weighted by molar-refractivity contribution is 0.145. The molecule has 0 unspecified atom stereocenters. The van der Waals surface area contributed by atoms with Gasteiger partial charge in [0.15, 0.2) is 0 Å². The smallest absolute Gasteiger partial charge is 0.326 e. The van der Waals surface area contributed by atoms with Crippen molar-refractivity contribution in [3.63, 3.8) is 0 Å². The molecule has 0 fully saturated rings. The third kappa shape index (κ3) is 4.31. The fourth-order valence-corrected chi connectivity index (χ4v) is 2.59. The fraction of sp³-hybridized carbons (Fsp3) is 0.263. The number of aromatic nitrogens is 2. The van der Waals surface area contributed by atoms with Crippen LogP contribution in [0.2, 0.25) is 0 Å². The molecule has 136 valence electrons. The number of nitrogens with zero attached hydrogens (tertiary/aromatic N) is 2. The SMILES string of the molecule is CCOCCCNC(=O)n1ccc2cc(Oc3ccnc(N)c3)ccc21. The van der Waals surface area contributed by atoms with Gasteiger partial charge in [-0.05, 0) is 43.7 Å². The second-order valence-corrected chi connectivity index (χ2v) is 5.71. The van der Waals surface area contributed by atoms with Crippen molar-refractivity contribution in [2.45, 2.75) is 13.3 Å². The number of carbonyl (C=O) groups is 1. The molecule has 3 aromatic rings. The third-order valence-corrected chi connectivity index (χ3v) is 3.81. The van der Waals surface area contributed by atoms with Crippen molar-refractivity contribution in [1.82, 2.24) is 14.9 Å². The summed E-state index contributed by atoms with van der Waals surface area (Å²) in [6, 6.07) is 10.7. The van der Waals surface area contributed by atoms with E-state index in [1.54, 1.807) is 29.1 Å². The summed E-state index contributed by atoms with van der Waals surface area (Å²) < 4.78 is 12.6. The molecule has 0 saturated heterocycles. The first-order valence-electron chi connectivity index (χ1n) is 8.54. The van der Waals surface area contributed by atoms with Crippen LogP contribution in [0.1, 0.15) is 13.3 Å². The van der Waals surface area contributed by atoms with E-state index in [2.05, 4.69) is 10.3 Å². The lowest BCUT2D eigenvalue weighted by Gasteiger charge is -2.09. The van der Waals surface area contributed by atoms with Crippen molar-refractivity contribution in [3.8, 4) is 11.5 Å². The topological polar surface area (TPSA) is 91.4 Å². The second kappa shape index (κ2) is 8.35. The number of carbonyl (C=O) groups excluding carboxylic acids is 1. The quantitative estimate of drug-likeness (QED) is 0.635. The van der Waals surface area contributed by atoms with E-state index in [1.807, 2.05) is 31.2 Å². The Bertz CT molecular complexity index is 891. The van der Waals surface area contributed by atoms with Crippen LogP contribution in [0, 0.1) is 0 Å². The summed E-state index contributed by atoms with van der Waals surface area (Å²) in [6.45, 7) is 3.85. The van der Waals surface area contributed by atoms with Crippen LogP contribution < -0.4 is 15.8 Å². The Morgan fingerprint density at radius 2 is 2.08 bits per heavy atom. The van der Waals surface area contributed by atoms with Gasteiger partial charge in [-0.25, -0.2) is 9.78 Å². The maximum atomic E-state index is 12.3. The average Bonchev–Trinajstić information content (AvgIpc) is 3.05. The van der Waals surface area contributed by atoms with E-state index < -0.39 is 0 Å². The Balaban J connectivity index is 1.67. The number of benzene rings is 1. The molecule has 1 aromatic carbocycles. The van der Waals surface area contributed by atoms with Gasteiger partial charge in [-0.15, -0.1) is 0 Å². The molecule has 0 atom stereocenters. The molecule has 2 heterocycles. The zero-order chi connectivity index (χ0) is 18.4. The summed E-state index contributed by atoms with van der Waals surface area (Å²) in [6.07, 6.45) is 4.12. The number of nitrogen functional groups attached to an aromatic ring is 1. The van der Waals surface area contributed by atoms with Crippen molar-refractivity contribution in [2.24, 2.45) is 0 Å². The summed E-state index contributed by atoms with van der Waals surface area (Å²) in [5.74, 6) is 1.68. The lowest BCUT2D eigenvalue weighted by atomic mass is 10.2. The van der Waals surface area contributed by atoms with Crippen LogP contribution in [0.25, 0.3) is 10.9 Å². The van der Waals surface area contributed by atoms with Gasteiger partial charge in [-0.3, -0.25) is 4.57 Å². The van der Waals surface area contributed by atoms with E-state index >= 15 is 0 Å². The molecule has 7 heteroatoms. The van der Waals surface area contributed by atoms with Gasteiger partial charge < -0.3 is 20.5 Å². The Hall–Kier alpha value is -3.06. The molecule has 2 aromatic heterocycles. The Morgan fingerprint density at radius 3 is 2.88 bits per heavy atom. The molecular weight excluding hydrogens is 332 g/mol. The Morgan fingerprint density at radius 1 is 1.23 bits per heavy atom. The van der Waals surface area contributed by atoms with Crippen LogP contribution in [-0.2, 0) is 4.74 Å². The van der Waals surface area contributed by atoms with Gasteiger partial charge in [0, 0.05) is 43.6 Å². The zero-order valence-corrected chi connectivity index (χ0v) is 14.6. The molecule has 3 N–H and O–H groups in total. The first-order valence-corrected chi connectivity index (χ1v) is 8.54. The number of hydrogen-bond acceptors (Lipinski definition) is 5. The number of rotatable bonds is 7. The van der Waals surface area contributed by atoms with Gasteiger partial charge in [-0.1, -0.05) is 0 Å². The summed E-state index contributed by atoms with van der Waals surface area (Å²) in [4.78, 5) is 16.3. The number of fused-ring (bicyclic) bond motifs is 1. The molecule has 0 spiro atoms. The second-order valence-electron chi connectivity index (χ2n) is 5.71. The van der Waals surface area contributed by atoms with Crippen LogP contribution in [0.5, 0.6) is 11.5 Å². The number of anilines is 1. The number of pyridine rings is 1. The minimum Gasteiger partial charge on any atom is -0.457 e. The number of amides is 1. The summed E-state index contributed by atoms with van der Waals surface area (Å²) in [5, 5.41) is 3.80. The number of ether oxygens (including phenoxy) is 2. The predicted octanol–water partition coefficient (Wildman–Crippen LogP) is 3.40. The first-order chi connectivity index (χ1) is 12.7. The summed E-state index contributed by atoms with van der Waals surface area (Å²) in [5.41, 5.74) is 6.47. The molecule has 0 aliphatic rings. The molecular formula is C19H22N4O3. The molecule has 1 amide bonds. The van der Waals surface area contributed by atoms with E-state index in [0.29, 0.717) is 37.1 Å². The van der Waals surface area contributed by atoms with Crippen molar-refractivity contribution >= 4 is 22.8 Å². The van der Waals surface area contributed by atoms with E-state index in [4.69, 9.17) is 15.2 Å². The molecule has 3 rings (SSSR count). The first kappa shape index (κ1) is 17.8. The highest BCUT2D eigenvalue weighted by Gasteiger charge is 2.09. The Labute approximate surface area is 151 Å². The number of nitrogens with two attached hydrogens (primary N) is 1. The minimum absolute atomic E-state index is 0.160. The maximum absolute atomic E-state index is 12.3. The number of hydrogen-bond donors (Lipinski definition) is 2. The van der Waals surface area contributed by atoms with Crippen LogP contribution in [0.15, 0.2) is 48.8 Å². The molecule has 0 bridgehead atoms. The zero-order valence-electron chi connectivity index (χ0n) is 14.6. The fourth-order valence-electron chi connectivity index (χ4n) is 2.59. The normalized spacial score (nSPS) is 10.8. The van der Waals surface area contributed by atoms with E-state index in [-0.39, 0.29) is 6.03 Å². The summed E-state index contributed by atoms with van der Waals surface area (Å²) in [7, 11) is 0. The van der Waals surface area contributed by atoms with E-state index in [9.17, 15) is 4.79 Å². The molecule has 26 heavy (non-hydrogen) atoms. The highest BCUT2D eigenvalue weighted by molar-refractivity contribution is 5.92. The van der Waals surface area contributed by atoms with Crippen molar-refractivity contribution in [3.05, 3.63) is 48.8 Å². The summed E-state index contributed by atoms with van der Waals surface area (Å²) >= 11 is 0. The van der Waals surface area contributed by atoms with Crippen molar-refractivity contribution in [1.29, 1.82) is 0 Å². The molecule has 0 aliphatic carbocycles. The van der Waals surface area contributed by atoms with Crippen LogP contribution in [0.3, 0.4) is 0 Å². The average molecular weight is 354 g/mol. The van der Waals surface area contributed by atoms with Crippen molar-refractivity contribution in [2.75, 3.05) is 25.5 Å². The molecule has 0 radical (unpaired) electrons. The van der Waals surface area contributed by atoms with E-state index in [0.717, 1.165) is 17.3 Å². The lowest BCUT2D eigenvalue weighted by Crippen LogP contribution is -2.29. The van der Waals surface area contributed by atoms with Gasteiger partial charge in [0.2, 0.25) is 0 Å². The molecule has 0 aliphatic heterocycles. The Kier molecular flexibility index (Phi) is 5.70. The minimum atomic E-state index is -0.160. The highest BCUT2D eigenvalue weighted by Crippen LogP contribution is 2.26. The van der Waals surface area contributed by atoms with E-state index in [1.165, 1.54) is 0 Å². The van der Waals surface area contributed by atoms with Gasteiger partial charge in [0.05, 0.1) is 5.52 Å². The molecule has 7 nitrogen and oxygen atoms in total. The van der Waals surface area contributed by atoms with Gasteiger partial charge in [0.1, 0.15) is 17.3 Å². The van der Waals surface area contributed by atoms with Gasteiger partial charge in [0.25, 0.3) is 0 Å². The molecule has 0 saturated carbocycles. The van der Waals surface area contributed by atoms with Gasteiger partial charge >= 0.3 is 6.03 Å².